The minimum absolute atomic E-state index is 0.00363. The van der Waals surface area contributed by atoms with Gasteiger partial charge in [-0.3, -0.25) is 9.69 Å². The fourth-order valence-electron chi connectivity index (χ4n) is 5.60. The first-order valence-corrected chi connectivity index (χ1v) is 13.0. The molecule has 11 heteroatoms. The molecule has 206 valence electrons. The third kappa shape index (κ3) is 6.53. The highest BCUT2D eigenvalue weighted by atomic mass is 19.4. The number of amides is 1. The molecule has 0 radical (unpaired) electrons. The molecule has 2 aliphatic rings. The van der Waals surface area contributed by atoms with Crippen LogP contribution in [0.5, 0.6) is 5.75 Å². The maximum absolute atomic E-state index is 13.5. The minimum Gasteiger partial charge on any atom is -0.492 e. The molecule has 0 aromatic carbocycles. The summed E-state index contributed by atoms with van der Waals surface area (Å²) < 4.78 is 73.7. The van der Waals surface area contributed by atoms with E-state index in [1.54, 1.807) is 6.07 Å². The Hall–Kier alpha value is -2.43. The Morgan fingerprint density at radius 2 is 1.89 bits per heavy atom. The van der Waals surface area contributed by atoms with Gasteiger partial charge in [-0.15, -0.1) is 0 Å². The lowest BCUT2D eigenvalue weighted by molar-refractivity contribution is -0.140. The molecule has 2 aliphatic heterocycles. The maximum atomic E-state index is 13.5. The molecule has 0 bridgehead atoms. The Balaban J connectivity index is 1.44. The van der Waals surface area contributed by atoms with Gasteiger partial charge in [-0.2, -0.15) is 13.2 Å². The molecule has 0 spiro atoms. The number of rotatable bonds is 8. The van der Waals surface area contributed by atoms with Gasteiger partial charge in [0.1, 0.15) is 23.6 Å². The Morgan fingerprint density at radius 3 is 2.51 bits per heavy atom. The van der Waals surface area contributed by atoms with Gasteiger partial charge in [0.05, 0.1) is 12.8 Å². The number of nitrogens with zero attached hydrogens (tertiary/aromatic N) is 4. The van der Waals surface area contributed by atoms with E-state index in [1.165, 1.54) is 17.2 Å². The van der Waals surface area contributed by atoms with Gasteiger partial charge in [0.15, 0.2) is 0 Å². The highest BCUT2D eigenvalue weighted by Gasteiger charge is 2.38. The molecule has 0 N–H and O–H groups in total. The number of hydrogen-bond acceptors (Lipinski definition) is 4. The summed E-state index contributed by atoms with van der Waals surface area (Å²) in [4.78, 5) is 20.9. The van der Waals surface area contributed by atoms with Gasteiger partial charge in [-0.25, -0.2) is 13.8 Å². The Bertz CT molecular complexity index is 1090. The van der Waals surface area contributed by atoms with Crippen LogP contribution in [0.3, 0.4) is 0 Å². The zero-order valence-corrected chi connectivity index (χ0v) is 21.5. The van der Waals surface area contributed by atoms with Crippen LogP contribution in [0.4, 0.5) is 22.0 Å². The second-order valence-corrected chi connectivity index (χ2v) is 10.6. The van der Waals surface area contributed by atoms with E-state index in [9.17, 15) is 26.7 Å². The standard InChI is InChI=1S/C26H35F5N4O2/c1-17(2)34-9-6-19(18(34)3)5-4-12-37-21-13-20-14-22(24(36)33-10-7-25(27,28)8-11-33)35(16-26(29,30)31)23(20)32-15-21/h13-15,17-19H,4-12,16H2,1-3H3/t18-,19?/m1/s1. The molecule has 2 aromatic rings. The fraction of sp³-hybridized carbons (Fsp3) is 0.692. The number of carbonyl (C=O) groups is 1. The number of halogens is 5. The summed E-state index contributed by atoms with van der Waals surface area (Å²) in [5.74, 6) is -2.56. The number of hydrogen-bond donors (Lipinski definition) is 0. The van der Waals surface area contributed by atoms with Crippen molar-refractivity contribution in [3.05, 3.63) is 24.0 Å². The molecular formula is C26H35F5N4O2. The number of pyridine rings is 1. The van der Waals surface area contributed by atoms with E-state index in [-0.39, 0.29) is 24.4 Å². The summed E-state index contributed by atoms with van der Waals surface area (Å²) in [6.07, 6.45) is -1.22. The van der Waals surface area contributed by atoms with Crippen molar-refractivity contribution in [2.45, 2.75) is 83.6 Å². The lowest BCUT2D eigenvalue weighted by Gasteiger charge is -2.32. The van der Waals surface area contributed by atoms with E-state index < -0.39 is 37.4 Å². The normalized spacial score (nSPS) is 22.8. The number of aromatic nitrogens is 2. The first-order valence-electron chi connectivity index (χ1n) is 13.0. The van der Waals surface area contributed by atoms with Crippen LogP contribution in [0.25, 0.3) is 11.0 Å². The molecule has 2 fully saturated rings. The van der Waals surface area contributed by atoms with Gasteiger partial charge in [-0.1, -0.05) is 0 Å². The van der Waals surface area contributed by atoms with Crippen molar-refractivity contribution in [3.8, 4) is 5.75 Å². The van der Waals surface area contributed by atoms with Crippen LogP contribution in [-0.4, -0.2) is 75.7 Å². The van der Waals surface area contributed by atoms with Crippen molar-refractivity contribution < 1.29 is 31.5 Å². The van der Waals surface area contributed by atoms with Crippen LogP contribution in [0.2, 0.25) is 0 Å². The second kappa shape index (κ2) is 10.7. The van der Waals surface area contributed by atoms with Crippen molar-refractivity contribution in [1.29, 1.82) is 0 Å². The predicted octanol–water partition coefficient (Wildman–Crippen LogP) is 5.75. The summed E-state index contributed by atoms with van der Waals surface area (Å²) in [7, 11) is 0. The summed E-state index contributed by atoms with van der Waals surface area (Å²) in [5, 5.41) is 0.337. The molecule has 2 saturated heterocycles. The molecular weight excluding hydrogens is 495 g/mol. The first kappa shape index (κ1) is 27.6. The monoisotopic (exact) mass is 530 g/mol. The molecule has 1 unspecified atom stereocenters. The first-order chi connectivity index (χ1) is 17.3. The van der Waals surface area contributed by atoms with Crippen molar-refractivity contribution in [3.63, 3.8) is 0 Å². The largest absolute Gasteiger partial charge is 0.492 e. The maximum Gasteiger partial charge on any atom is 0.406 e. The summed E-state index contributed by atoms with van der Waals surface area (Å²) in [6, 6.07) is 3.96. The average molecular weight is 531 g/mol. The van der Waals surface area contributed by atoms with Crippen LogP contribution in [0.15, 0.2) is 18.3 Å². The van der Waals surface area contributed by atoms with E-state index in [0.29, 0.717) is 35.7 Å². The summed E-state index contributed by atoms with van der Waals surface area (Å²) in [6.45, 7) is 6.40. The van der Waals surface area contributed by atoms with Gasteiger partial charge >= 0.3 is 6.18 Å². The molecule has 37 heavy (non-hydrogen) atoms. The highest BCUT2D eigenvalue weighted by molar-refractivity contribution is 5.98. The second-order valence-electron chi connectivity index (χ2n) is 10.6. The van der Waals surface area contributed by atoms with Crippen LogP contribution in [-0.2, 0) is 6.54 Å². The molecule has 2 aromatic heterocycles. The van der Waals surface area contributed by atoms with Crippen LogP contribution < -0.4 is 4.74 Å². The predicted molar refractivity (Wildman–Crippen MR) is 130 cm³/mol. The van der Waals surface area contributed by atoms with E-state index in [2.05, 4.69) is 30.7 Å². The molecule has 2 atom stereocenters. The van der Waals surface area contributed by atoms with Gasteiger partial charge in [-0.05, 0) is 64.6 Å². The lowest BCUT2D eigenvalue weighted by Crippen LogP contribution is -2.43. The van der Waals surface area contributed by atoms with Gasteiger partial charge in [0, 0.05) is 43.4 Å². The van der Waals surface area contributed by atoms with E-state index >= 15 is 0 Å². The van der Waals surface area contributed by atoms with Gasteiger partial charge in [0.2, 0.25) is 0 Å². The summed E-state index contributed by atoms with van der Waals surface area (Å²) in [5.41, 5.74) is -0.212. The average Bonchev–Trinajstić information content (AvgIpc) is 3.35. The van der Waals surface area contributed by atoms with Crippen molar-refractivity contribution in [1.82, 2.24) is 19.4 Å². The van der Waals surface area contributed by atoms with Crippen LogP contribution >= 0.6 is 0 Å². The highest BCUT2D eigenvalue weighted by Crippen LogP contribution is 2.32. The number of carbonyl (C=O) groups excluding carboxylic acids is 1. The molecule has 4 rings (SSSR count). The minimum atomic E-state index is -4.59. The van der Waals surface area contributed by atoms with Gasteiger partial charge < -0.3 is 14.2 Å². The van der Waals surface area contributed by atoms with Crippen molar-refractivity contribution in [2.75, 3.05) is 26.2 Å². The zero-order valence-electron chi connectivity index (χ0n) is 21.5. The Labute approximate surface area is 213 Å². The summed E-state index contributed by atoms with van der Waals surface area (Å²) >= 11 is 0. The molecule has 1 amide bonds. The molecule has 0 saturated carbocycles. The third-order valence-corrected chi connectivity index (χ3v) is 7.66. The Morgan fingerprint density at radius 1 is 1.19 bits per heavy atom. The molecule has 4 heterocycles. The molecule has 0 aliphatic carbocycles. The van der Waals surface area contributed by atoms with Crippen molar-refractivity contribution in [2.24, 2.45) is 5.92 Å². The van der Waals surface area contributed by atoms with Gasteiger partial charge in [0.25, 0.3) is 11.8 Å². The SMILES string of the molecule is CC(C)N1CCC(CCCOc2cnc3c(c2)cc(C(=O)N2CCC(F)(F)CC2)n3CC(F)(F)F)[C@H]1C. The van der Waals surface area contributed by atoms with Crippen LogP contribution in [0.1, 0.15) is 63.4 Å². The van der Waals surface area contributed by atoms with Crippen LogP contribution in [0, 0.1) is 5.92 Å². The Kier molecular flexibility index (Phi) is 8.02. The quantitative estimate of drug-likeness (QED) is 0.322. The third-order valence-electron chi connectivity index (χ3n) is 7.66. The van der Waals surface area contributed by atoms with E-state index in [1.807, 2.05) is 0 Å². The number of piperidine rings is 1. The zero-order chi connectivity index (χ0) is 27.0. The fourth-order valence-corrected chi connectivity index (χ4v) is 5.60. The number of alkyl halides is 5. The van der Waals surface area contributed by atoms with E-state index in [4.69, 9.17) is 4.74 Å². The lowest BCUT2D eigenvalue weighted by atomic mass is 9.96. The van der Waals surface area contributed by atoms with Crippen molar-refractivity contribution >= 4 is 16.9 Å². The molecule has 6 nitrogen and oxygen atoms in total. The van der Waals surface area contributed by atoms with E-state index in [0.717, 1.165) is 30.4 Å². The number of fused-ring (bicyclic) bond motifs is 1. The topological polar surface area (TPSA) is 50.6 Å². The smallest absolute Gasteiger partial charge is 0.406 e. The number of likely N-dealkylation sites (tertiary alicyclic amines) is 2. The number of ether oxygens (including phenoxy) is 1.